The van der Waals surface area contributed by atoms with Crippen LogP contribution in [0.4, 0.5) is 0 Å². The molecule has 34 heavy (non-hydrogen) atoms. The number of rotatable bonds is 11. The molecule has 0 aromatic heterocycles. The summed E-state index contributed by atoms with van der Waals surface area (Å²) in [6.07, 6.45) is 2.13. The van der Waals surface area contributed by atoms with E-state index in [9.17, 15) is 9.90 Å². The first-order chi connectivity index (χ1) is 16.5. The smallest absolute Gasteiger partial charge is 0.161 e. The first-order valence-corrected chi connectivity index (χ1v) is 12.1. The molecule has 7 heteroatoms. The fourth-order valence-corrected chi connectivity index (χ4v) is 4.71. The van der Waals surface area contributed by atoms with Gasteiger partial charge in [-0.25, -0.2) is 0 Å². The fourth-order valence-electron chi connectivity index (χ4n) is 4.71. The first kappa shape index (κ1) is 24.4. The predicted octanol–water partition coefficient (Wildman–Crippen LogP) is 4.27. The van der Waals surface area contributed by atoms with Gasteiger partial charge in [-0.05, 0) is 68.3 Å². The Hall–Kier alpha value is -2.77. The first-order valence-electron chi connectivity index (χ1n) is 12.1. The maximum Gasteiger partial charge on any atom is 0.161 e. The number of ether oxygens (including phenoxy) is 4. The van der Waals surface area contributed by atoms with E-state index >= 15 is 0 Å². The summed E-state index contributed by atoms with van der Waals surface area (Å²) in [5.41, 5.74) is 0.753. The van der Waals surface area contributed by atoms with Crippen molar-refractivity contribution in [3.63, 3.8) is 0 Å². The number of hydrogen-bond donors (Lipinski definition) is 1. The van der Waals surface area contributed by atoms with Crippen LogP contribution in [0.1, 0.15) is 45.7 Å². The number of nitrogens with zero attached hydrogens (tertiary/aromatic N) is 1. The third-order valence-corrected chi connectivity index (χ3v) is 6.71. The molecule has 0 bridgehead atoms. The fraction of sp³-hybridized carbons (Fsp3) is 0.519. The molecule has 0 amide bonds. The molecule has 1 saturated heterocycles. The highest BCUT2D eigenvalue weighted by Crippen LogP contribution is 2.36. The largest absolute Gasteiger partial charge is 0.497 e. The van der Waals surface area contributed by atoms with Gasteiger partial charge >= 0.3 is 0 Å². The highest BCUT2D eigenvalue weighted by atomic mass is 16.6. The topological polar surface area (TPSA) is 77.5 Å². The molecule has 0 unspecified atom stereocenters. The summed E-state index contributed by atoms with van der Waals surface area (Å²) in [4.78, 5) is 15.3. The van der Waals surface area contributed by atoms with E-state index in [1.54, 1.807) is 7.11 Å². The average Bonchev–Trinajstić information content (AvgIpc) is 3.27. The molecule has 0 radical (unpaired) electrons. The lowest BCUT2D eigenvalue weighted by molar-refractivity contribution is -0.121. The summed E-state index contributed by atoms with van der Waals surface area (Å²) >= 11 is 0. The standard InChI is InChI=1S/C27H35NO6.H2/c1-19-4-3-12-28(19)18-21(27(30)20-5-10-25-26(17-20)34-15-14-33-25)16-22(29)11-13-32-24-8-6-23(31-2)7-9-24;/h5-10,17,19,21,27,30H,3-4,11-16,18H2,1-2H3;1H/t19-,21-,27+;/m1./s1. The number of ketones is 1. The Morgan fingerprint density at radius 2 is 1.88 bits per heavy atom. The number of benzene rings is 2. The molecule has 2 aliphatic rings. The van der Waals surface area contributed by atoms with Crippen LogP contribution in [-0.2, 0) is 4.79 Å². The highest BCUT2D eigenvalue weighted by molar-refractivity contribution is 5.78. The van der Waals surface area contributed by atoms with E-state index in [0.29, 0.717) is 62.5 Å². The van der Waals surface area contributed by atoms with Crippen LogP contribution >= 0.6 is 0 Å². The molecule has 2 aliphatic heterocycles. The second-order valence-electron chi connectivity index (χ2n) is 9.11. The van der Waals surface area contributed by atoms with Crippen LogP contribution in [0.2, 0.25) is 0 Å². The zero-order valence-corrected chi connectivity index (χ0v) is 20.1. The van der Waals surface area contributed by atoms with Crippen LogP contribution in [-0.4, -0.2) is 61.9 Å². The number of carbonyl (C=O) groups excluding carboxylic acids is 1. The molecule has 3 atom stereocenters. The highest BCUT2D eigenvalue weighted by Gasteiger charge is 2.30. The Balaban J connectivity index is 0.00000342. The van der Waals surface area contributed by atoms with Gasteiger partial charge in [-0.2, -0.15) is 0 Å². The molecular formula is C27H37NO6. The monoisotopic (exact) mass is 471 g/mol. The van der Waals surface area contributed by atoms with Crippen molar-refractivity contribution >= 4 is 5.78 Å². The average molecular weight is 472 g/mol. The third-order valence-electron chi connectivity index (χ3n) is 6.71. The minimum atomic E-state index is -0.768. The normalized spacial score (nSPS) is 19.4. The number of likely N-dealkylation sites (tertiary alicyclic amines) is 1. The van der Waals surface area contributed by atoms with Crippen molar-refractivity contribution in [3.05, 3.63) is 48.0 Å². The van der Waals surface area contributed by atoms with E-state index in [4.69, 9.17) is 18.9 Å². The quantitative estimate of drug-likeness (QED) is 0.524. The Morgan fingerprint density at radius 3 is 2.59 bits per heavy atom. The Kier molecular flexibility index (Phi) is 8.29. The van der Waals surface area contributed by atoms with Gasteiger partial charge in [0.2, 0.25) is 0 Å². The molecule has 2 aromatic rings. The van der Waals surface area contributed by atoms with Gasteiger partial charge in [0.25, 0.3) is 0 Å². The van der Waals surface area contributed by atoms with Gasteiger partial charge in [0.15, 0.2) is 11.5 Å². The van der Waals surface area contributed by atoms with E-state index in [-0.39, 0.29) is 13.1 Å². The van der Waals surface area contributed by atoms with Crippen molar-refractivity contribution in [1.29, 1.82) is 0 Å². The minimum Gasteiger partial charge on any atom is -0.497 e. The third kappa shape index (κ3) is 6.21. The second-order valence-corrected chi connectivity index (χ2v) is 9.11. The van der Waals surface area contributed by atoms with E-state index < -0.39 is 6.10 Å². The lowest BCUT2D eigenvalue weighted by Crippen LogP contribution is -2.35. The van der Waals surface area contributed by atoms with Crippen LogP contribution in [0.3, 0.4) is 0 Å². The van der Waals surface area contributed by atoms with E-state index in [2.05, 4.69) is 11.8 Å². The number of hydrogen-bond acceptors (Lipinski definition) is 7. The molecule has 186 valence electrons. The zero-order valence-electron chi connectivity index (χ0n) is 20.1. The summed E-state index contributed by atoms with van der Waals surface area (Å²) in [7, 11) is 1.62. The summed E-state index contributed by atoms with van der Waals surface area (Å²) in [6, 6.07) is 13.3. The van der Waals surface area contributed by atoms with Gasteiger partial charge in [-0.15, -0.1) is 0 Å². The number of aliphatic hydroxyl groups is 1. The molecule has 0 saturated carbocycles. The van der Waals surface area contributed by atoms with Crippen molar-refractivity contribution in [2.75, 3.05) is 40.0 Å². The Bertz CT molecular complexity index is 953. The van der Waals surface area contributed by atoms with E-state index in [0.717, 1.165) is 30.7 Å². The number of carbonyl (C=O) groups is 1. The van der Waals surface area contributed by atoms with Gasteiger partial charge in [0.05, 0.1) is 19.8 Å². The lowest BCUT2D eigenvalue weighted by Gasteiger charge is -2.30. The van der Waals surface area contributed by atoms with Crippen molar-refractivity contribution in [3.8, 4) is 23.0 Å². The van der Waals surface area contributed by atoms with Crippen LogP contribution < -0.4 is 18.9 Å². The molecule has 4 rings (SSSR count). The number of methoxy groups -OCH3 is 1. The molecule has 1 fully saturated rings. The number of aliphatic hydroxyl groups excluding tert-OH is 1. The second kappa shape index (κ2) is 11.6. The van der Waals surface area contributed by atoms with Gasteiger partial charge in [-0.1, -0.05) is 6.07 Å². The lowest BCUT2D eigenvalue weighted by atomic mass is 9.89. The van der Waals surface area contributed by atoms with Crippen molar-refractivity contribution < 1.29 is 30.3 Å². The maximum absolute atomic E-state index is 12.9. The summed E-state index contributed by atoms with van der Waals surface area (Å²) < 4.78 is 22.2. The van der Waals surface area contributed by atoms with Crippen LogP contribution in [0.5, 0.6) is 23.0 Å². The van der Waals surface area contributed by atoms with Gasteiger partial charge < -0.3 is 29.0 Å². The molecular weight excluding hydrogens is 434 g/mol. The number of Topliss-reactive ketones (excluding diaryl/α,β-unsaturated/α-hetero) is 1. The number of fused-ring (bicyclic) bond motifs is 1. The Morgan fingerprint density at radius 1 is 1.15 bits per heavy atom. The molecule has 1 N–H and O–H groups in total. The maximum atomic E-state index is 12.9. The summed E-state index contributed by atoms with van der Waals surface area (Å²) in [5.74, 6) is 2.68. The molecule has 2 heterocycles. The minimum absolute atomic E-state index is 0. The van der Waals surface area contributed by atoms with E-state index in [1.807, 2.05) is 42.5 Å². The molecule has 0 aliphatic carbocycles. The van der Waals surface area contributed by atoms with E-state index in [1.165, 1.54) is 0 Å². The summed E-state index contributed by atoms with van der Waals surface area (Å²) in [5, 5.41) is 11.3. The molecule has 0 spiro atoms. The van der Waals surface area contributed by atoms with Crippen LogP contribution in [0, 0.1) is 5.92 Å². The SMILES string of the molecule is COc1ccc(OCCC(=O)C[C@H](CN2CCC[C@H]2C)[C@@H](O)c2ccc3c(c2)OCCO3)cc1.[HH]. The zero-order chi connectivity index (χ0) is 23.9. The van der Waals surface area contributed by atoms with Crippen molar-refractivity contribution in [1.82, 2.24) is 4.90 Å². The van der Waals surface area contributed by atoms with Crippen LogP contribution in [0.25, 0.3) is 0 Å². The van der Waals surface area contributed by atoms with Gasteiger partial charge in [0, 0.05) is 32.8 Å². The molecule has 7 nitrogen and oxygen atoms in total. The van der Waals surface area contributed by atoms with Gasteiger partial charge in [-0.3, -0.25) is 4.79 Å². The van der Waals surface area contributed by atoms with Crippen molar-refractivity contribution in [2.24, 2.45) is 5.92 Å². The van der Waals surface area contributed by atoms with Crippen molar-refractivity contribution in [2.45, 2.75) is 44.8 Å². The summed E-state index contributed by atoms with van der Waals surface area (Å²) in [6.45, 7) is 5.22. The Labute approximate surface area is 203 Å². The molecule has 2 aromatic carbocycles. The van der Waals surface area contributed by atoms with Gasteiger partial charge in [0.1, 0.15) is 30.5 Å². The predicted molar refractivity (Wildman–Crippen MR) is 131 cm³/mol. The van der Waals surface area contributed by atoms with Crippen LogP contribution in [0.15, 0.2) is 42.5 Å².